The molecule has 0 unspecified atom stereocenters. The standard InChI is InChI=1S/C9H11.ClH.Zn/c1-7-4-8(2)6-9(3)5-7;;/h4-5H,1-3H3;1H;/q;;+1/p-1. The Labute approximate surface area is 84.5 Å². The molecule has 0 aliphatic carbocycles. The van der Waals surface area contributed by atoms with Gasteiger partial charge < -0.3 is 12.4 Å². The molecule has 11 heavy (non-hydrogen) atoms. The maximum atomic E-state index is 2.26. The first-order valence-electron chi connectivity index (χ1n) is 3.51. The summed E-state index contributed by atoms with van der Waals surface area (Å²) < 4.78 is 1.55. The zero-order chi connectivity index (χ0) is 7.72. The first-order chi connectivity index (χ1) is 4.61. The van der Waals surface area contributed by atoms with Crippen LogP contribution in [-0.4, -0.2) is 0 Å². The zero-order valence-electron chi connectivity index (χ0n) is 7.24. The van der Waals surface area contributed by atoms with Gasteiger partial charge in [0.1, 0.15) is 0 Å². The third-order valence-corrected chi connectivity index (χ3v) is 4.18. The van der Waals surface area contributed by atoms with Gasteiger partial charge in [-0.3, -0.25) is 0 Å². The molecular formula is C9H11ClZn. The first-order valence-corrected chi connectivity index (χ1v) is 4.99. The van der Waals surface area contributed by atoms with Crippen LogP contribution in [0.3, 0.4) is 0 Å². The Morgan fingerprint density at radius 3 is 1.73 bits per heavy atom. The van der Waals surface area contributed by atoms with Crippen LogP contribution in [0.25, 0.3) is 0 Å². The van der Waals surface area contributed by atoms with Crippen molar-refractivity contribution in [3.8, 4) is 0 Å². The second-order valence-corrected chi connectivity index (χ2v) is 4.36. The number of halogens is 1. The normalized spacial score (nSPS) is 9.18. The van der Waals surface area contributed by atoms with Gasteiger partial charge in [-0.2, -0.15) is 0 Å². The Hall–Kier alpha value is 0.133. The molecule has 0 saturated heterocycles. The molecule has 0 spiro atoms. The summed E-state index contributed by atoms with van der Waals surface area (Å²) in [5, 5.41) is 0. The molecule has 0 nitrogen and oxygen atoms in total. The first kappa shape index (κ1) is 11.1. The van der Waals surface area contributed by atoms with E-state index in [1.54, 1.807) is 4.16 Å². The van der Waals surface area contributed by atoms with Gasteiger partial charge in [0, 0.05) is 0 Å². The van der Waals surface area contributed by atoms with Gasteiger partial charge in [-0.15, -0.1) is 0 Å². The van der Waals surface area contributed by atoms with E-state index in [0.29, 0.717) is 0 Å². The number of aryl methyl sites for hydroxylation is 3. The van der Waals surface area contributed by atoms with E-state index in [-0.39, 0.29) is 12.4 Å². The van der Waals surface area contributed by atoms with Gasteiger partial charge >= 0.3 is 72.1 Å². The van der Waals surface area contributed by atoms with E-state index in [1.807, 2.05) is 0 Å². The summed E-state index contributed by atoms with van der Waals surface area (Å²) in [5.74, 6) is 0. The summed E-state index contributed by atoms with van der Waals surface area (Å²) in [6.45, 7) is 6.54. The van der Waals surface area contributed by atoms with Crippen molar-refractivity contribution < 1.29 is 30.7 Å². The minimum absolute atomic E-state index is 0. The summed E-state index contributed by atoms with van der Waals surface area (Å²) in [6.07, 6.45) is 0. The van der Waals surface area contributed by atoms with Crippen LogP contribution in [0.15, 0.2) is 12.1 Å². The zero-order valence-corrected chi connectivity index (χ0v) is 11.0. The fourth-order valence-corrected chi connectivity index (χ4v) is 1.64. The molecule has 56 valence electrons. The van der Waals surface area contributed by atoms with E-state index in [2.05, 4.69) is 32.9 Å². The van der Waals surface area contributed by atoms with E-state index in [4.69, 9.17) is 0 Å². The van der Waals surface area contributed by atoms with Crippen LogP contribution in [0.2, 0.25) is 0 Å². The third kappa shape index (κ3) is 2.58. The molecule has 1 aromatic rings. The van der Waals surface area contributed by atoms with Gasteiger partial charge in [-0.1, -0.05) is 0 Å². The summed E-state index contributed by atoms with van der Waals surface area (Å²) in [7, 11) is 0. The van der Waals surface area contributed by atoms with Crippen LogP contribution in [0.4, 0.5) is 0 Å². The minimum atomic E-state index is 0. The predicted octanol–water partition coefficient (Wildman–Crippen LogP) is -1.21. The van der Waals surface area contributed by atoms with E-state index in [0.717, 1.165) is 0 Å². The average molecular weight is 220 g/mol. The van der Waals surface area contributed by atoms with E-state index in [9.17, 15) is 0 Å². The molecular weight excluding hydrogens is 209 g/mol. The maximum absolute atomic E-state index is 2.26. The Balaban J connectivity index is 0.000001000. The van der Waals surface area contributed by atoms with Crippen LogP contribution >= 0.6 is 0 Å². The molecule has 0 fully saturated rings. The number of benzene rings is 1. The fourth-order valence-electron chi connectivity index (χ4n) is 1.21. The van der Waals surface area contributed by atoms with Crippen molar-refractivity contribution in [2.45, 2.75) is 20.8 Å². The monoisotopic (exact) mass is 218 g/mol. The molecule has 0 aromatic heterocycles. The molecule has 0 atom stereocenters. The number of rotatable bonds is 0. The van der Waals surface area contributed by atoms with Gasteiger partial charge in [0.05, 0.1) is 0 Å². The molecule has 0 aliphatic rings. The van der Waals surface area contributed by atoms with E-state index >= 15 is 0 Å². The summed E-state index contributed by atoms with van der Waals surface area (Å²) >= 11 is 1.28. The third-order valence-electron chi connectivity index (χ3n) is 1.84. The van der Waals surface area contributed by atoms with Crippen molar-refractivity contribution in [1.29, 1.82) is 0 Å². The van der Waals surface area contributed by atoms with Crippen LogP contribution in [0.5, 0.6) is 0 Å². The summed E-state index contributed by atoms with van der Waals surface area (Å²) in [4.78, 5) is 0. The Morgan fingerprint density at radius 2 is 1.36 bits per heavy atom. The average Bonchev–Trinajstić information content (AvgIpc) is 1.82. The number of hydrogen-bond donors (Lipinski definition) is 0. The topological polar surface area (TPSA) is 0 Å². The number of hydrogen-bond acceptors (Lipinski definition) is 0. The van der Waals surface area contributed by atoms with Crippen molar-refractivity contribution in [3.05, 3.63) is 28.8 Å². The molecule has 0 heterocycles. The molecule has 0 radical (unpaired) electrons. The van der Waals surface area contributed by atoms with Crippen molar-refractivity contribution >= 4 is 4.16 Å². The molecule has 0 saturated carbocycles. The Bertz CT molecular complexity index is 233. The Kier molecular flexibility index (Phi) is 4.28. The van der Waals surface area contributed by atoms with Gasteiger partial charge in [0.15, 0.2) is 0 Å². The fraction of sp³-hybridized carbons (Fsp3) is 0.333. The second-order valence-electron chi connectivity index (χ2n) is 2.88. The molecule has 1 rings (SSSR count). The van der Waals surface area contributed by atoms with Gasteiger partial charge in [0.2, 0.25) is 0 Å². The van der Waals surface area contributed by atoms with E-state index < -0.39 is 0 Å². The van der Waals surface area contributed by atoms with Crippen molar-refractivity contribution in [2.24, 2.45) is 0 Å². The molecule has 0 N–H and O–H groups in total. The molecule has 2 heteroatoms. The quantitative estimate of drug-likeness (QED) is 0.481. The molecule has 0 aliphatic heterocycles. The van der Waals surface area contributed by atoms with Crippen LogP contribution < -0.4 is 16.6 Å². The van der Waals surface area contributed by atoms with E-state index in [1.165, 1.54) is 35.0 Å². The largest absolute Gasteiger partial charge is 1.00 e. The summed E-state index contributed by atoms with van der Waals surface area (Å²) in [6, 6.07) is 4.51. The van der Waals surface area contributed by atoms with Crippen LogP contribution in [0, 0.1) is 20.8 Å². The Morgan fingerprint density at radius 1 is 1.00 bits per heavy atom. The van der Waals surface area contributed by atoms with Gasteiger partial charge in [-0.05, 0) is 0 Å². The molecule has 1 aromatic carbocycles. The predicted molar refractivity (Wildman–Crippen MR) is 40.3 cm³/mol. The van der Waals surface area contributed by atoms with Crippen LogP contribution in [-0.2, 0) is 18.3 Å². The second kappa shape index (κ2) is 4.23. The van der Waals surface area contributed by atoms with Gasteiger partial charge in [0.25, 0.3) is 0 Å². The SMILES string of the molecule is Cc1cc(C)[c]([Zn+])c(C)c1.[Cl-]. The summed E-state index contributed by atoms with van der Waals surface area (Å²) in [5.41, 5.74) is 4.29. The molecule has 0 amide bonds. The molecule has 0 bridgehead atoms. The maximum Gasteiger partial charge on any atom is -1.00 e. The van der Waals surface area contributed by atoms with Crippen LogP contribution in [0.1, 0.15) is 16.7 Å². The van der Waals surface area contributed by atoms with Crippen molar-refractivity contribution in [1.82, 2.24) is 0 Å². The van der Waals surface area contributed by atoms with Crippen molar-refractivity contribution in [2.75, 3.05) is 0 Å². The van der Waals surface area contributed by atoms with Gasteiger partial charge in [-0.25, -0.2) is 0 Å². The van der Waals surface area contributed by atoms with Crippen molar-refractivity contribution in [3.63, 3.8) is 0 Å². The minimum Gasteiger partial charge on any atom is -1.00 e. The smallest absolute Gasteiger partial charge is 1.00 e.